The van der Waals surface area contributed by atoms with Crippen molar-refractivity contribution in [3.63, 3.8) is 0 Å². The number of hydrogen-bond acceptors (Lipinski definition) is 1. The molecule has 0 bridgehead atoms. The molecule has 0 amide bonds. The van der Waals surface area contributed by atoms with Gasteiger partial charge in [-0.1, -0.05) is 15.9 Å². The summed E-state index contributed by atoms with van der Waals surface area (Å²) in [5.41, 5.74) is 1.57. The first-order valence-corrected chi connectivity index (χ1v) is 5.05. The van der Waals surface area contributed by atoms with E-state index in [1.807, 2.05) is 12.3 Å². The van der Waals surface area contributed by atoms with Crippen molar-refractivity contribution in [1.29, 1.82) is 0 Å². The molecule has 0 N–H and O–H groups in total. The molecule has 3 rings (SSSR count). The first-order valence-electron chi connectivity index (χ1n) is 4.26. The van der Waals surface area contributed by atoms with Crippen LogP contribution >= 0.6 is 15.9 Å². The second-order valence-electron chi connectivity index (χ2n) is 3.70. The Hall–Kier alpha value is -0.700. The van der Waals surface area contributed by atoms with Gasteiger partial charge >= 0.3 is 0 Å². The quantitative estimate of drug-likeness (QED) is 0.659. The third kappa shape index (κ3) is 0.937. The van der Waals surface area contributed by atoms with Gasteiger partial charge in [-0.15, -0.1) is 0 Å². The lowest BCUT2D eigenvalue weighted by Crippen LogP contribution is -2.05. The highest BCUT2D eigenvalue weighted by Crippen LogP contribution is 2.54. The molecule has 66 valence electrons. The largest absolute Gasteiger partial charge is 0.260 e. The third-order valence-corrected chi connectivity index (χ3v) is 3.23. The van der Waals surface area contributed by atoms with Gasteiger partial charge in [0.1, 0.15) is 5.82 Å². The van der Waals surface area contributed by atoms with Gasteiger partial charge in [0.05, 0.1) is 5.69 Å². The van der Waals surface area contributed by atoms with E-state index in [0.717, 1.165) is 28.6 Å². The third-order valence-electron chi connectivity index (χ3n) is 2.77. The molecule has 2 aliphatic rings. The molecule has 0 radical (unpaired) electrons. The highest BCUT2D eigenvalue weighted by molar-refractivity contribution is 9.10. The Kier molecular flexibility index (Phi) is 1.30. The predicted molar refractivity (Wildman–Crippen MR) is 53.2 cm³/mol. The van der Waals surface area contributed by atoms with Gasteiger partial charge in [0.15, 0.2) is 0 Å². The minimum Gasteiger partial charge on any atom is -0.260 e. The highest BCUT2D eigenvalue weighted by atomic mass is 79.9. The molecule has 1 aromatic rings. The Labute approximate surface area is 83.8 Å². The maximum Gasteiger partial charge on any atom is 0.130 e. The normalized spacial score (nSPS) is 20.8. The lowest BCUT2D eigenvalue weighted by molar-refractivity contribution is 0.606. The van der Waals surface area contributed by atoms with Gasteiger partial charge in [-0.05, 0) is 25.0 Å². The fourth-order valence-corrected chi connectivity index (χ4v) is 2.34. The van der Waals surface area contributed by atoms with Gasteiger partial charge in [0.2, 0.25) is 0 Å². The monoisotopic (exact) mass is 239 g/mol. The van der Waals surface area contributed by atoms with Crippen molar-refractivity contribution >= 4 is 27.8 Å². The maximum absolute atomic E-state index is 13.6. The van der Waals surface area contributed by atoms with E-state index in [1.54, 1.807) is 0 Å². The van der Waals surface area contributed by atoms with Crippen molar-refractivity contribution in [2.24, 2.45) is 4.99 Å². The molecule has 1 aromatic carbocycles. The number of nitrogens with zero attached hydrogens (tertiary/aromatic N) is 1. The molecule has 1 spiro atoms. The Morgan fingerprint density at radius 3 is 2.85 bits per heavy atom. The van der Waals surface area contributed by atoms with Crippen LogP contribution in [0.1, 0.15) is 18.4 Å². The summed E-state index contributed by atoms with van der Waals surface area (Å²) in [5, 5.41) is 0. The first kappa shape index (κ1) is 7.68. The molecule has 0 aromatic heterocycles. The zero-order valence-electron chi connectivity index (χ0n) is 6.85. The molecule has 1 nitrogen and oxygen atoms in total. The zero-order valence-corrected chi connectivity index (χ0v) is 8.44. The molecular formula is C10H7BrFN. The SMILES string of the molecule is Fc1cc(Br)cc2c1C1(C=N2)CC1. The summed E-state index contributed by atoms with van der Waals surface area (Å²) in [4.78, 5) is 4.24. The predicted octanol–water partition coefficient (Wildman–Crippen LogP) is 3.34. The molecule has 3 heteroatoms. The molecule has 0 saturated heterocycles. The number of benzene rings is 1. The van der Waals surface area contributed by atoms with Crippen LogP contribution in [0.2, 0.25) is 0 Å². The van der Waals surface area contributed by atoms with Gasteiger partial charge in [0, 0.05) is 21.7 Å². The van der Waals surface area contributed by atoms with Crippen molar-refractivity contribution in [3.05, 3.63) is 28.0 Å². The van der Waals surface area contributed by atoms with Crippen molar-refractivity contribution < 1.29 is 4.39 Å². The Morgan fingerprint density at radius 2 is 2.15 bits per heavy atom. The minimum absolute atomic E-state index is 0.0277. The minimum atomic E-state index is -0.126. The average molecular weight is 240 g/mol. The number of halogens is 2. The summed E-state index contributed by atoms with van der Waals surface area (Å²) < 4.78 is 14.3. The van der Waals surface area contributed by atoms with Crippen LogP contribution in [-0.4, -0.2) is 6.21 Å². The van der Waals surface area contributed by atoms with E-state index >= 15 is 0 Å². The van der Waals surface area contributed by atoms with Crippen LogP contribution in [0.15, 0.2) is 21.6 Å². The van der Waals surface area contributed by atoms with Crippen molar-refractivity contribution in [2.45, 2.75) is 18.3 Å². The fraction of sp³-hybridized carbons (Fsp3) is 0.300. The topological polar surface area (TPSA) is 12.4 Å². The molecule has 1 aliphatic carbocycles. The van der Waals surface area contributed by atoms with Gasteiger partial charge in [0.25, 0.3) is 0 Å². The van der Waals surface area contributed by atoms with Crippen LogP contribution in [0.4, 0.5) is 10.1 Å². The second-order valence-corrected chi connectivity index (χ2v) is 4.61. The molecule has 1 saturated carbocycles. The van der Waals surface area contributed by atoms with Crippen LogP contribution in [0.25, 0.3) is 0 Å². The molecule has 1 fully saturated rings. The molecule has 1 heterocycles. The summed E-state index contributed by atoms with van der Waals surface area (Å²) in [7, 11) is 0. The summed E-state index contributed by atoms with van der Waals surface area (Å²) >= 11 is 3.26. The lowest BCUT2D eigenvalue weighted by atomic mass is 9.98. The van der Waals surface area contributed by atoms with E-state index < -0.39 is 0 Å². The van der Waals surface area contributed by atoms with E-state index in [0.29, 0.717) is 0 Å². The molecular weight excluding hydrogens is 233 g/mol. The zero-order chi connectivity index (χ0) is 9.05. The number of fused-ring (bicyclic) bond motifs is 2. The number of aliphatic imine (C=N–C) groups is 1. The van der Waals surface area contributed by atoms with E-state index in [-0.39, 0.29) is 11.2 Å². The van der Waals surface area contributed by atoms with Crippen LogP contribution in [0.5, 0.6) is 0 Å². The maximum atomic E-state index is 13.6. The summed E-state index contributed by atoms with van der Waals surface area (Å²) in [6.45, 7) is 0. The highest BCUT2D eigenvalue weighted by Gasteiger charge is 2.48. The second kappa shape index (κ2) is 2.21. The van der Waals surface area contributed by atoms with E-state index in [2.05, 4.69) is 20.9 Å². The van der Waals surface area contributed by atoms with Crippen molar-refractivity contribution in [3.8, 4) is 0 Å². The molecule has 0 unspecified atom stereocenters. The van der Waals surface area contributed by atoms with Crippen molar-refractivity contribution in [2.75, 3.05) is 0 Å². The molecule has 0 atom stereocenters. The molecule has 1 aliphatic heterocycles. The van der Waals surface area contributed by atoms with E-state index in [9.17, 15) is 4.39 Å². The number of rotatable bonds is 0. The number of hydrogen-bond donors (Lipinski definition) is 0. The Morgan fingerprint density at radius 1 is 1.38 bits per heavy atom. The summed E-state index contributed by atoms with van der Waals surface area (Å²) in [5.74, 6) is -0.126. The van der Waals surface area contributed by atoms with Crippen molar-refractivity contribution in [1.82, 2.24) is 0 Å². The van der Waals surface area contributed by atoms with Gasteiger partial charge in [-0.3, -0.25) is 4.99 Å². The molecule has 13 heavy (non-hydrogen) atoms. The van der Waals surface area contributed by atoms with E-state index in [4.69, 9.17) is 0 Å². The Bertz CT molecular complexity index is 421. The van der Waals surface area contributed by atoms with Crippen LogP contribution in [-0.2, 0) is 5.41 Å². The van der Waals surface area contributed by atoms with E-state index in [1.165, 1.54) is 6.07 Å². The smallest absolute Gasteiger partial charge is 0.130 e. The van der Waals surface area contributed by atoms with Gasteiger partial charge < -0.3 is 0 Å². The van der Waals surface area contributed by atoms with Gasteiger partial charge in [-0.2, -0.15) is 0 Å². The first-order chi connectivity index (χ1) is 6.21. The summed E-state index contributed by atoms with van der Waals surface area (Å²) in [6, 6.07) is 3.40. The lowest BCUT2D eigenvalue weighted by Gasteiger charge is -2.06. The van der Waals surface area contributed by atoms with Crippen LogP contribution in [0, 0.1) is 5.82 Å². The Balaban J connectivity index is 2.29. The fourth-order valence-electron chi connectivity index (χ4n) is 1.93. The van der Waals surface area contributed by atoms with Crippen LogP contribution in [0.3, 0.4) is 0 Å². The standard InChI is InChI=1S/C10H7BrFN/c11-6-3-7(12)9-8(4-6)13-5-10(9)1-2-10/h3-5H,1-2H2. The van der Waals surface area contributed by atoms with Crippen LogP contribution < -0.4 is 0 Å². The average Bonchev–Trinajstić information content (AvgIpc) is 2.70. The van der Waals surface area contributed by atoms with Gasteiger partial charge in [-0.25, -0.2) is 4.39 Å². The summed E-state index contributed by atoms with van der Waals surface area (Å²) in [6.07, 6.45) is 3.98.